The molecule has 0 unspecified atom stereocenters. The summed E-state index contributed by atoms with van der Waals surface area (Å²) in [5.74, 6) is 1.29. The first-order valence-corrected chi connectivity index (χ1v) is 10.7. The van der Waals surface area contributed by atoms with E-state index in [1.54, 1.807) is 45.6 Å². The molecule has 32 heavy (non-hydrogen) atoms. The van der Waals surface area contributed by atoms with Gasteiger partial charge in [-0.15, -0.1) is 0 Å². The second kappa shape index (κ2) is 8.84. The Kier molecular flexibility index (Phi) is 6.12. The van der Waals surface area contributed by atoms with Gasteiger partial charge in [-0.2, -0.15) is 0 Å². The Morgan fingerprint density at radius 3 is 2.50 bits per heavy atom. The minimum Gasteiger partial charge on any atom is -0.497 e. The molecule has 0 radical (unpaired) electrons. The van der Waals surface area contributed by atoms with Crippen LogP contribution in [0.2, 0.25) is 0 Å². The minimum atomic E-state index is -1.01. The fourth-order valence-electron chi connectivity index (χ4n) is 4.36. The van der Waals surface area contributed by atoms with E-state index in [2.05, 4.69) is 10.6 Å². The van der Waals surface area contributed by atoms with E-state index < -0.39 is 11.6 Å². The van der Waals surface area contributed by atoms with Crippen molar-refractivity contribution in [2.75, 3.05) is 39.8 Å². The number of amides is 1. The van der Waals surface area contributed by atoms with Crippen molar-refractivity contribution in [2.24, 2.45) is 5.92 Å². The number of thiocarbonyl (C=S) groups is 1. The predicted molar refractivity (Wildman–Crippen MR) is 124 cm³/mol. The minimum absolute atomic E-state index is 0.187. The Balaban J connectivity index is 1.73. The number of nitrogens with zero attached hydrogens (tertiary/aromatic N) is 1. The van der Waals surface area contributed by atoms with Crippen molar-refractivity contribution in [3.63, 3.8) is 0 Å². The van der Waals surface area contributed by atoms with E-state index in [1.165, 1.54) is 0 Å². The van der Waals surface area contributed by atoms with Gasteiger partial charge in [0.25, 0.3) is 0 Å². The largest absolute Gasteiger partial charge is 0.497 e. The summed E-state index contributed by atoms with van der Waals surface area (Å²) < 4.78 is 22.4. The van der Waals surface area contributed by atoms with Gasteiger partial charge in [0.15, 0.2) is 10.8 Å². The summed E-state index contributed by atoms with van der Waals surface area (Å²) in [6, 6.07) is 12.4. The summed E-state index contributed by atoms with van der Waals surface area (Å²) in [6.07, 6.45) is 0. The first kappa shape index (κ1) is 22.2. The molecular weight excluding hydrogens is 430 g/mol. The van der Waals surface area contributed by atoms with E-state index >= 15 is 0 Å². The molecule has 2 heterocycles. The highest BCUT2D eigenvalue weighted by Gasteiger charge is 2.58. The third kappa shape index (κ3) is 3.82. The Bertz CT molecular complexity index is 1020. The van der Waals surface area contributed by atoms with Gasteiger partial charge in [-0.05, 0) is 61.6 Å². The SMILES string of the molecule is COCCN1C(=S)N[C@H]2c3cc(OC)ccc3O[C@@]1(C)[C@@H]2C(=O)Nc1ccc(OC)cc1. The molecule has 2 aromatic carbocycles. The number of carbonyl (C=O) groups is 1. The van der Waals surface area contributed by atoms with Gasteiger partial charge >= 0.3 is 0 Å². The molecule has 0 saturated carbocycles. The third-order valence-corrected chi connectivity index (χ3v) is 6.34. The quantitative estimate of drug-likeness (QED) is 0.615. The Morgan fingerprint density at radius 1 is 1.16 bits per heavy atom. The standard InChI is InChI=1S/C23H27N3O5S/c1-23-19(21(27)24-14-5-7-15(29-3)8-6-14)20(25-22(32)26(23)11-12-28-2)17-13-16(30-4)9-10-18(17)31-23/h5-10,13,19-20H,11-12H2,1-4H3,(H,24,27)(H,25,32)/t19-,20-,23-/m0/s1. The Labute approximate surface area is 192 Å². The number of nitrogens with one attached hydrogen (secondary N) is 2. The van der Waals surface area contributed by atoms with Crippen LogP contribution in [0.1, 0.15) is 18.5 Å². The Morgan fingerprint density at radius 2 is 1.84 bits per heavy atom. The molecule has 2 aliphatic rings. The van der Waals surface area contributed by atoms with Crippen LogP contribution in [0.15, 0.2) is 42.5 Å². The number of benzene rings is 2. The van der Waals surface area contributed by atoms with Gasteiger partial charge in [-0.1, -0.05) is 0 Å². The Hall–Kier alpha value is -3.04. The molecular formula is C23H27N3O5S. The normalized spacial score (nSPS) is 23.5. The maximum absolute atomic E-state index is 13.6. The molecule has 2 aromatic rings. The van der Waals surface area contributed by atoms with Crippen molar-refractivity contribution < 1.29 is 23.7 Å². The molecule has 0 spiro atoms. The van der Waals surface area contributed by atoms with Crippen molar-refractivity contribution in [1.29, 1.82) is 0 Å². The summed E-state index contributed by atoms with van der Waals surface area (Å²) in [7, 11) is 4.83. The molecule has 4 rings (SSSR count). The van der Waals surface area contributed by atoms with Crippen LogP contribution in [-0.4, -0.2) is 56.1 Å². The zero-order valence-corrected chi connectivity index (χ0v) is 19.3. The second-order valence-electron chi connectivity index (χ2n) is 7.83. The number of methoxy groups -OCH3 is 3. The summed E-state index contributed by atoms with van der Waals surface area (Å²) in [6.45, 7) is 2.81. The van der Waals surface area contributed by atoms with Crippen molar-refractivity contribution in [3.8, 4) is 17.2 Å². The molecule has 3 atom stereocenters. The number of fused-ring (bicyclic) bond motifs is 4. The van der Waals surface area contributed by atoms with Crippen LogP contribution in [0, 0.1) is 5.92 Å². The van der Waals surface area contributed by atoms with Gasteiger partial charge in [-0.25, -0.2) is 0 Å². The summed E-state index contributed by atoms with van der Waals surface area (Å²) in [4.78, 5) is 15.5. The van der Waals surface area contributed by atoms with Gasteiger partial charge in [-0.3, -0.25) is 4.79 Å². The van der Waals surface area contributed by atoms with Crippen molar-refractivity contribution >= 4 is 28.9 Å². The van der Waals surface area contributed by atoms with Crippen LogP contribution in [0.3, 0.4) is 0 Å². The van der Waals surface area contributed by atoms with Crippen LogP contribution in [0.5, 0.6) is 17.2 Å². The van der Waals surface area contributed by atoms with E-state index in [0.717, 1.165) is 5.56 Å². The number of ether oxygens (including phenoxy) is 4. The summed E-state index contributed by atoms with van der Waals surface area (Å²) in [5.41, 5.74) is 0.481. The summed E-state index contributed by atoms with van der Waals surface area (Å²) >= 11 is 5.66. The lowest BCUT2D eigenvalue weighted by molar-refractivity contribution is -0.150. The number of rotatable bonds is 7. The van der Waals surface area contributed by atoms with E-state index in [4.69, 9.17) is 31.2 Å². The van der Waals surface area contributed by atoms with Crippen LogP contribution >= 0.6 is 12.2 Å². The zero-order valence-electron chi connectivity index (χ0n) is 18.5. The maximum Gasteiger partial charge on any atom is 0.236 e. The first-order valence-electron chi connectivity index (χ1n) is 10.3. The smallest absolute Gasteiger partial charge is 0.236 e. The second-order valence-corrected chi connectivity index (χ2v) is 8.21. The number of anilines is 1. The lowest BCUT2D eigenvalue weighted by Crippen LogP contribution is -2.72. The molecule has 170 valence electrons. The van der Waals surface area contributed by atoms with E-state index in [1.807, 2.05) is 30.0 Å². The lowest BCUT2D eigenvalue weighted by atomic mass is 9.78. The van der Waals surface area contributed by atoms with E-state index in [9.17, 15) is 4.79 Å². The van der Waals surface area contributed by atoms with E-state index in [0.29, 0.717) is 41.2 Å². The highest BCUT2D eigenvalue weighted by Crippen LogP contribution is 2.49. The van der Waals surface area contributed by atoms with Crippen LogP contribution in [-0.2, 0) is 9.53 Å². The van der Waals surface area contributed by atoms with Crippen molar-refractivity contribution in [3.05, 3.63) is 48.0 Å². The number of hydrogen-bond donors (Lipinski definition) is 2. The van der Waals surface area contributed by atoms with Gasteiger partial charge in [0.1, 0.15) is 23.2 Å². The summed E-state index contributed by atoms with van der Waals surface area (Å²) in [5, 5.41) is 6.89. The monoisotopic (exact) mass is 457 g/mol. The first-order chi connectivity index (χ1) is 15.4. The molecule has 1 fully saturated rings. The number of carbonyl (C=O) groups excluding carboxylic acids is 1. The van der Waals surface area contributed by atoms with Crippen LogP contribution in [0.4, 0.5) is 5.69 Å². The van der Waals surface area contributed by atoms with Gasteiger partial charge in [0, 0.05) is 24.9 Å². The van der Waals surface area contributed by atoms with Gasteiger partial charge < -0.3 is 34.5 Å². The molecule has 0 aromatic heterocycles. The van der Waals surface area contributed by atoms with Crippen LogP contribution < -0.4 is 24.8 Å². The third-order valence-electron chi connectivity index (χ3n) is 6.00. The average molecular weight is 458 g/mol. The predicted octanol–water partition coefficient (Wildman–Crippen LogP) is 2.94. The molecule has 2 bridgehead atoms. The molecule has 8 nitrogen and oxygen atoms in total. The molecule has 1 amide bonds. The fourth-order valence-corrected chi connectivity index (χ4v) is 4.76. The highest BCUT2D eigenvalue weighted by atomic mass is 32.1. The topological polar surface area (TPSA) is 81.3 Å². The molecule has 9 heteroatoms. The molecule has 0 aliphatic carbocycles. The number of hydrogen-bond acceptors (Lipinski definition) is 6. The fraction of sp³-hybridized carbons (Fsp3) is 0.391. The highest BCUT2D eigenvalue weighted by molar-refractivity contribution is 7.80. The maximum atomic E-state index is 13.6. The molecule has 1 saturated heterocycles. The average Bonchev–Trinajstić information content (AvgIpc) is 2.78. The van der Waals surface area contributed by atoms with Crippen molar-refractivity contribution in [2.45, 2.75) is 18.7 Å². The lowest BCUT2D eigenvalue weighted by Gasteiger charge is -2.56. The molecule has 2 N–H and O–H groups in total. The van der Waals surface area contributed by atoms with Crippen LogP contribution in [0.25, 0.3) is 0 Å². The molecule has 2 aliphatic heterocycles. The van der Waals surface area contributed by atoms with Gasteiger partial charge in [0.2, 0.25) is 5.91 Å². The van der Waals surface area contributed by atoms with Crippen molar-refractivity contribution in [1.82, 2.24) is 10.2 Å². The van der Waals surface area contributed by atoms with E-state index in [-0.39, 0.29) is 11.9 Å². The zero-order chi connectivity index (χ0) is 22.9. The van der Waals surface area contributed by atoms with Gasteiger partial charge in [0.05, 0.1) is 26.9 Å².